The average molecular weight is 292 g/mol. The molecule has 0 unspecified atom stereocenters. The number of hydrogen-bond donors (Lipinski definition) is 0. The van der Waals surface area contributed by atoms with Crippen molar-refractivity contribution < 1.29 is 4.79 Å². The molecule has 0 saturated carbocycles. The highest BCUT2D eigenvalue weighted by atomic mass is 79.9. The van der Waals surface area contributed by atoms with Gasteiger partial charge in [0.05, 0.1) is 5.33 Å². The minimum Gasteiger partial charge on any atom is -0.341 e. The van der Waals surface area contributed by atoms with E-state index < -0.39 is 0 Å². The second-order valence-corrected chi connectivity index (χ2v) is 4.63. The molecule has 17 heavy (non-hydrogen) atoms. The molecule has 0 fully saturated rings. The fourth-order valence-corrected chi connectivity index (χ4v) is 2.23. The van der Waals surface area contributed by atoms with Crippen molar-refractivity contribution in [3.05, 3.63) is 48.0 Å². The summed E-state index contributed by atoms with van der Waals surface area (Å²) in [5.74, 6) is 0.0955. The first-order valence-electron chi connectivity index (χ1n) is 5.48. The Bertz CT molecular complexity index is 538. The number of rotatable bonds is 3. The van der Waals surface area contributed by atoms with Gasteiger partial charge in [0, 0.05) is 13.6 Å². The van der Waals surface area contributed by atoms with Crippen LogP contribution in [-0.2, 0) is 11.3 Å². The Kier molecular flexibility index (Phi) is 3.79. The fraction of sp³-hybridized carbons (Fsp3) is 0.214. The molecule has 1 amide bonds. The molecular weight excluding hydrogens is 278 g/mol. The smallest absolute Gasteiger partial charge is 0.233 e. The van der Waals surface area contributed by atoms with Gasteiger partial charge in [-0.1, -0.05) is 52.3 Å². The second kappa shape index (κ2) is 5.32. The maximum absolute atomic E-state index is 11.5. The zero-order valence-corrected chi connectivity index (χ0v) is 11.3. The van der Waals surface area contributed by atoms with Crippen LogP contribution in [0.3, 0.4) is 0 Å². The van der Waals surface area contributed by atoms with Crippen molar-refractivity contribution in [1.82, 2.24) is 4.90 Å². The summed E-state index contributed by atoms with van der Waals surface area (Å²) in [6.07, 6.45) is 0. The van der Waals surface area contributed by atoms with E-state index >= 15 is 0 Å². The molecule has 3 heteroatoms. The van der Waals surface area contributed by atoms with Gasteiger partial charge in [-0.3, -0.25) is 4.79 Å². The van der Waals surface area contributed by atoms with Gasteiger partial charge in [-0.15, -0.1) is 0 Å². The van der Waals surface area contributed by atoms with Crippen molar-refractivity contribution in [3.8, 4) is 0 Å². The normalized spacial score (nSPS) is 10.5. The molecule has 0 heterocycles. The maximum Gasteiger partial charge on any atom is 0.233 e. The van der Waals surface area contributed by atoms with Crippen LogP contribution < -0.4 is 0 Å². The van der Waals surface area contributed by atoms with E-state index in [9.17, 15) is 4.79 Å². The summed E-state index contributed by atoms with van der Waals surface area (Å²) >= 11 is 3.18. The first kappa shape index (κ1) is 12.1. The van der Waals surface area contributed by atoms with Gasteiger partial charge in [-0.2, -0.15) is 0 Å². The third-order valence-electron chi connectivity index (χ3n) is 2.77. The number of benzene rings is 2. The van der Waals surface area contributed by atoms with Gasteiger partial charge in [-0.05, 0) is 22.4 Å². The highest BCUT2D eigenvalue weighted by Gasteiger charge is 2.07. The molecule has 2 aromatic carbocycles. The lowest BCUT2D eigenvalue weighted by atomic mass is 10.1. The predicted molar refractivity (Wildman–Crippen MR) is 74.2 cm³/mol. The van der Waals surface area contributed by atoms with Gasteiger partial charge < -0.3 is 4.90 Å². The molecule has 0 aromatic heterocycles. The largest absolute Gasteiger partial charge is 0.341 e. The molecule has 88 valence electrons. The zero-order chi connectivity index (χ0) is 12.3. The minimum atomic E-state index is 0.0955. The number of nitrogens with zero attached hydrogens (tertiary/aromatic N) is 1. The Hall–Kier alpha value is -1.35. The first-order chi connectivity index (χ1) is 8.20. The Morgan fingerprint density at radius 2 is 1.88 bits per heavy atom. The predicted octanol–water partition coefficient (Wildman–Crippen LogP) is 3.19. The molecule has 0 atom stereocenters. The number of carbonyl (C=O) groups excluding carboxylic acids is 1. The molecule has 0 radical (unpaired) electrons. The summed E-state index contributed by atoms with van der Waals surface area (Å²) in [5, 5.41) is 2.81. The van der Waals surface area contributed by atoms with Gasteiger partial charge in [0.2, 0.25) is 5.91 Å². The van der Waals surface area contributed by atoms with Crippen LogP contribution in [-0.4, -0.2) is 23.2 Å². The molecule has 2 aromatic rings. The molecule has 2 nitrogen and oxygen atoms in total. The number of hydrogen-bond acceptors (Lipinski definition) is 1. The topological polar surface area (TPSA) is 20.3 Å². The maximum atomic E-state index is 11.5. The number of fused-ring (bicyclic) bond motifs is 1. The van der Waals surface area contributed by atoms with E-state index in [1.807, 2.05) is 19.2 Å². The Morgan fingerprint density at radius 3 is 2.59 bits per heavy atom. The number of carbonyl (C=O) groups is 1. The quantitative estimate of drug-likeness (QED) is 0.796. The van der Waals surface area contributed by atoms with E-state index in [2.05, 4.69) is 46.3 Å². The van der Waals surface area contributed by atoms with E-state index in [4.69, 9.17) is 0 Å². The molecule has 0 bridgehead atoms. The second-order valence-electron chi connectivity index (χ2n) is 4.06. The van der Waals surface area contributed by atoms with Gasteiger partial charge in [0.1, 0.15) is 0 Å². The third-order valence-corrected chi connectivity index (χ3v) is 3.25. The van der Waals surface area contributed by atoms with Gasteiger partial charge in [0.25, 0.3) is 0 Å². The van der Waals surface area contributed by atoms with Crippen molar-refractivity contribution in [2.75, 3.05) is 12.4 Å². The Labute approximate surface area is 109 Å². The zero-order valence-electron chi connectivity index (χ0n) is 9.69. The minimum absolute atomic E-state index is 0.0955. The van der Waals surface area contributed by atoms with Gasteiger partial charge in [0.15, 0.2) is 0 Å². The molecule has 0 spiro atoms. The van der Waals surface area contributed by atoms with Crippen LogP contribution in [0.4, 0.5) is 0 Å². The number of alkyl halides is 1. The lowest BCUT2D eigenvalue weighted by Gasteiger charge is -2.16. The summed E-state index contributed by atoms with van der Waals surface area (Å²) in [6, 6.07) is 14.5. The highest BCUT2D eigenvalue weighted by molar-refractivity contribution is 9.09. The lowest BCUT2D eigenvalue weighted by Crippen LogP contribution is -2.26. The van der Waals surface area contributed by atoms with Crippen molar-refractivity contribution in [2.45, 2.75) is 6.54 Å². The summed E-state index contributed by atoms with van der Waals surface area (Å²) < 4.78 is 0. The Balaban J connectivity index is 2.22. The molecular formula is C14H14BrNO. The lowest BCUT2D eigenvalue weighted by molar-refractivity contribution is -0.127. The molecule has 2 rings (SSSR count). The molecule has 0 aliphatic carbocycles. The highest BCUT2D eigenvalue weighted by Crippen LogP contribution is 2.16. The summed E-state index contributed by atoms with van der Waals surface area (Å²) in [4.78, 5) is 13.2. The van der Waals surface area contributed by atoms with Crippen LogP contribution in [0.15, 0.2) is 42.5 Å². The third kappa shape index (κ3) is 2.86. The first-order valence-corrected chi connectivity index (χ1v) is 6.60. The van der Waals surface area contributed by atoms with E-state index in [0.717, 1.165) is 5.56 Å². The molecule has 0 aliphatic rings. The molecule has 0 N–H and O–H groups in total. The summed E-state index contributed by atoms with van der Waals surface area (Å²) in [5.41, 5.74) is 1.15. The van der Waals surface area contributed by atoms with Crippen LogP contribution in [0, 0.1) is 0 Å². The van der Waals surface area contributed by atoms with Crippen molar-refractivity contribution in [1.29, 1.82) is 0 Å². The number of halogens is 1. The van der Waals surface area contributed by atoms with Crippen molar-refractivity contribution in [2.24, 2.45) is 0 Å². The van der Waals surface area contributed by atoms with E-state index in [-0.39, 0.29) is 5.91 Å². The van der Waals surface area contributed by atoms with Crippen LogP contribution in [0.25, 0.3) is 10.8 Å². The van der Waals surface area contributed by atoms with Crippen LogP contribution in [0.1, 0.15) is 5.56 Å². The molecule has 0 aliphatic heterocycles. The van der Waals surface area contributed by atoms with E-state index in [0.29, 0.717) is 11.9 Å². The van der Waals surface area contributed by atoms with Gasteiger partial charge in [-0.25, -0.2) is 0 Å². The van der Waals surface area contributed by atoms with Crippen molar-refractivity contribution >= 4 is 32.6 Å². The van der Waals surface area contributed by atoms with Crippen molar-refractivity contribution in [3.63, 3.8) is 0 Å². The van der Waals surface area contributed by atoms with E-state index in [1.54, 1.807) is 4.90 Å². The van der Waals surface area contributed by atoms with E-state index in [1.165, 1.54) is 10.8 Å². The fourth-order valence-electron chi connectivity index (χ4n) is 1.80. The SMILES string of the molecule is CN(Cc1ccc2ccccc2c1)C(=O)CBr. The van der Waals surface area contributed by atoms with Crippen LogP contribution in [0.5, 0.6) is 0 Å². The van der Waals surface area contributed by atoms with Crippen LogP contribution >= 0.6 is 15.9 Å². The molecule has 0 saturated heterocycles. The monoisotopic (exact) mass is 291 g/mol. The standard InChI is InChI=1S/C14H14BrNO/c1-16(14(17)9-15)10-11-6-7-12-4-2-3-5-13(12)8-11/h2-8H,9-10H2,1H3. The average Bonchev–Trinajstić information content (AvgIpc) is 2.37. The van der Waals surface area contributed by atoms with Crippen LogP contribution in [0.2, 0.25) is 0 Å². The number of amides is 1. The summed E-state index contributed by atoms with van der Waals surface area (Å²) in [6.45, 7) is 0.648. The van der Waals surface area contributed by atoms with Gasteiger partial charge >= 0.3 is 0 Å². The Morgan fingerprint density at radius 1 is 1.18 bits per heavy atom. The summed E-state index contributed by atoms with van der Waals surface area (Å²) in [7, 11) is 1.82.